The van der Waals surface area contributed by atoms with Crippen molar-refractivity contribution in [1.82, 2.24) is 4.72 Å². The van der Waals surface area contributed by atoms with Crippen molar-refractivity contribution >= 4 is 10.0 Å². The predicted octanol–water partition coefficient (Wildman–Crippen LogP) is 0.345. The number of rotatable bonds is 6. The number of hydrogen-bond donors (Lipinski definition) is 2. The van der Waals surface area contributed by atoms with E-state index >= 15 is 0 Å². The van der Waals surface area contributed by atoms with Gasteiger partial charge in [0.1, 0.15) is 0 Å². The third-order valence-corrected chi connectivity index (χ3v) is 3.71. The number of benzene rings is 1. The third-order valence-electron chi connectivity index (χ3n) is 2.23. The summed E-state index contributed by atoms with van der Waals surface area (Å²) in [5, 5.41) is 8.60. The zero-order valence-electron chi connectivity index (χ0n) is 10.7. The van der Waals surface area contributed by atoms with Crippen LogP contribution in [0.15, 0.2) is 29.2 Å². The second kappa shape index (κ2) is 7.92. The van der Waals surface area contributed by atoms with Gasteiger partial charge in [-0.2, -0.15) is 0 Å². The Morgan fingerprint density at radius 2 is 2.00 bits per heavy atom. The molecule has 0 heterocycles. The Morgan fingerprint density at radius 3 is 2.58 bits per heavy atom. The molecule has 2 N–H and O–H groups in total. The quantitative estimate of drug-likeness (QED) is 0.583. The monoisotopic (exact) mass is 283 g/mol. The lowest BCUT2D eigenvalue weighted by Crippen LogP contribution is -2.27. The van der Waals surface area contributed by atoms with E-state index in [1.54, 1.807) is 12.1 Å². The van der Waals surface area contributed by atoms with E-state index in [2.05, 4.69) is 16.6 Å². The summed E-state index contributed by atoms with van der Waals surface area (Å²) >= 11 is 0. The fraction of sp³-hybridized carbons (Fsp3) is 0.385. The van der Waals surface area contributed by atoms with E-state index in [1.807, 2.05) is 0 Å². The van der Waals surface area contributed by atoms with E-state index in [0.29, 0.717) is 18.6 Å². The van der Waals surface area contributed by atoms with Crippen LogP contribution in [-0.4, -0.2) is 40.4 Å². The van der Waals surface area contributed by atoms with Crippen LogP contribution in [0.5, 0.6) is 0 Å². The number of ether oxygens (including phenoxy) is 1. The molecular formula is C13H17NO4S. The van der Waals surface area contributed by atoms with Crippen LogP contribution in [0.1, 0.15) is 12.0 Å². The standard InChI is InChI=1S/C13H17NO4S/c1-18-11-9-14-19(16,17)13-7-5-12(6-8-13)4-2-3-10-15/h5-8,14-15H,3,9-11H2,1H3. The largest absolute Gasteiger partial charge is 0.395 e. The van der Waals surface area contributed by atoms with Crippen LogP contribution >= 0.6 is 0 Å². The molecule has 1 aromatic carbocycles. The Kier molecular flexibility index (Phi) is 6.53. The first-order valence-corrected chi connectivity index (χ1v) is 7.27. The van der Waals surface area contributed by atoms with Crippen molar-refractivity contribution in [3.8, 4) is 11.8 Å². The number of sulfonamides is 1. The van der Waals surface area contributed by atoms with E-state index in [-0.39, 0.29) is 18.0 Å². The van der Waals surface area contributed by atoms with Gasteiger partial charge in [0.15, 0.2) is 0 Å². The molecule has 1 rings (SSSR count). The van der Waals surface area contributed by atoms with E-state index in [1.165, 1.54) is 19.2 Å². The predicted molar refractivity (Wildman–Crippen MR) is 72.1 cm³/mol. The van der Waals surface area contributed by atoms with Crippen molar-refractivity contribution in [3.05, 3.63) is 29.8 Å². The molecule has 0 aliphatic rings. The Labute approximate surface area is 113 Å². The molecule has 1 aromatic rings. The van der Waals surface area contributed by atoms with Crippen LogP contribution in [0.3, 0.4) is 0 Å². The normalized spacial score (nSPS) is 10.8. The molecule has 0 aromatic heterocycles. The maximum absolute atomic E-state index is 11.8. The zero-order chi connectivity index (χ0) is 14.1. The van der Waals surface area contributed by atoms with Gasteiger partial charge in [-0.3, -0.25) is 0 Å². The smallest absolute Gasteiger partial charge is 0.240 e. The summed E-state index contributed by atoms with van der Waals surface area (Å²) in [6.07, 6.45) is 0.401. The topological polar surface area (TPSA) is 75.6 Å². The molecular weight excluding hydrogens is 266 g/mol. The van der Waals surface area contributed by atoms with Crippen LogP contribution in [0.4, 0.5) is 0 Å². The van der Waals surface area contributed by atoms with Crippen molar-refractivity contribution < 1.29 is 18.3 Å². The second-order valence-corrected chi connectivity index (χ2v) is 5.46. The van der Waals surface area contributed by atoms with Gasteiger partial charge in [0.2, 0.25) is 10.0 Å². The van der Waals surface area contributed by atoms with Gasteiger partial charge in [-0.05, 0) is 24.3 Å². The summed E-state index contributed by atoms with van der Waals surface area (Å²) < 4.78 is 30.9. The molecule has 0 atom stereocenters. The Balaban J connectivity index is 2.73. The zero-order valence-corrected chi connectivity index (χ0v) is 11.5. The molecule has 6 heteroatoms. The molecule has 0 unspecified atom stereocenters. The average Bonchev–Trinajstić information content (AvgIpc) is 2.40. The van der Waals surface area contributed by atoms with Crippen LogP contribution in [0.25, 0.3) is 0 Å². The number of aliphatic hydroxyl groups excluding tert-OH is 1. The minimum absolute atomic E-state index is 0.0167. The minimum atomic E-state index is -3.49. The molecule has 0 fully saturated rings. The highest BCUT2D eigenvalue weighted by molar-refractivity contribution is 7.89. The number of aliphatic hydroxyl groups is 1. The Hall–Kier alpha value is -1.39. The van der Waals surface area contributed by atoms with Crippen molar-refractivity contribution in [2.75, 3.05) is 26.9 Å². The fourth-order valence-corrected chi connectivity index (χ4v) is 2.31. The average molecular weight is 283 g/mol. The molecule has 0 aliphatic carbocycles. The summed E-state index contributed by atoms with van der Waals surface area (Å²) in [4.78, 5) is 0.191. The van der Waals surface area contributed by atoms with E-state index in [0.717, 1.165) is 0 Å². The fourth-order valence-electron chi connectivity index (χ4n) is 1.30. The van der Waals surface area contributed by atoms with Crippen LogP contribution in [-0.2, 0) is 14.8 Å². The molecule has 0 saturated heterocycles. The molecule has 0 aliphatic heterocycles. The number of hydrogen-bond acceptors (Lipinski definition) is 4. The van der Waals surface area contributed by atoms with E-state index in [4.69, 9.17) is 9.84 Å². The van der Waals surface area contributed by atoms with Gasteiger partial charge in [0.25, 0.3) is 0 Å². The second-order valence-electron chi connectivity index (χ2n) is 3.69. The van der Waals surface area contributed by atoms with E-state index in [9.17, 15) is 8.42 Å². The lowest BCUT2D eigenvalue weighted by atomic mass is 10.2. The highest BCUT2D eigenvalue weighted by Gasteiger charge is 2.12. The SMILES string of the molecule is COCCNS(=O)(=O)c1ccc(C#CCCO)cc1. The van der Waals surface area contributed by atoms with Crippen molar-refractivity contribution in [3.63, 3.8) is 0 Å². The maximum atomic E-state index is 11.8. The summed E-state index contributed by atoms with van der Waals surface area (Å²) in [7, 11) is -1.98. The van der Waals surface area contributed by atoms with Gasteiger partial charge in [-0.15, -0.1) is 0 Å². The third kappa shape index (κ3) is 5.41. The highest BCUT2D eigenvalue weighted by atomic mass is 32.2. The van der Waals surface area contributed by atoms with Gasteiger partial charge < -0.3 is 9.84 Å². The molecule has 5 nitrogen and oxygen atoms in total. The van der Waals surface area contributed by atoms with Crippen LogP contribution < -0.4 is 4.72 Å². The van der Waals surface area contributed by atoms with Crippen molar-refractivity contribution in [1.29, 1.82) is 0 Å². The minimum Gasteiger partial charge on any atom is -0.395 e. The summed E-state index contributed by atoms with van der Waals surface area (Å²) in [5.74, 6) is 5.60. The van der Waals surface area contributed by atoms with Crippen LogP contribution in [0, 0.1) is 11.8 Å². The van der Waals surface area contributed by atoms with Gasteiger partial charge in [-0.1, -0.05) is 11.8 Å². The molecule has 0 amide bonds. The molecule has 0 spiro atoms. The first-order chi connectivity index (χ1) is 9.10. The van der Waals surface area contributed by atoms with Gasteiger partial charge in [0, 0.05) is 25.6 Å². The number of nitrogens with one attached hydrogen (secondary N) is 1. The molecule has 104 valence electrons. The summed E-state index contributed by atoms with van der Waals surface area (Å²) in [6, 6.07) is 6.26. The first kappa shape index (κ1) is 15.7. The lowest BCUT2D eigenvalue weighted by Gasteiger charge is -2.06. The highest BCUT2D eigenvalue weighted by Crippen LogP contribution is 2.09. The maximum Gasteiger partial charge on any atom is 0.240 e. The molecule has 0 bridgehead atoms. The summed E-state index contributed by atoms with van der Waals surface area (Å²) in [5.41, 5.74) is 0.712. The summed E-state index contributed by atoms with van der Waals surface area (Å²) in [6.45, 7) is 0.573. The van der Waals surface area contributed by atoms with Crippen molar-refractivity contribution in [2.24, 2.45) is 0 Å². The van der Waals surface area contributed by atoms with Crippen LogP contribution in [0.2, 0.25) is 0 Å². The first-order valence-electron chi connectivity index (χ1n) is 5.78. The molecule has 0 saturated carbocycles. The molecule has 19 heavy (non-hydrogen) atoms. The Morgan fingerprint density at radius 1 is 1.32 bits per heavy atom. The van der Waals surface area contributed by atoms with Gasteiger partial charge in [0.05, 0.1) is 18.1 Å². The van der Waals surface area contributed by atoms with Gasteiger partial charge >= 0.3 is 0 Å². The molecule has 0 radical (unpaired) electrons. The van der Waals surface area contributed by atoms with Crippen molar-refractivity contribution in [2.45, 2.75) is 11.3 Å². The lowest BCUT2D eigenvalue weighted by molar-refractivity contribution is 0.204. The number of methoxy groups -OCH3 is 1. The van der Waals surface area contributed by atoms with Gasteiger partial charge in [-0.25, -0.2) is 13.1 Å². The Bertz CT molecular complexity index is 540. The van der Waals surface area contributed by atoms with E-state index < -0.39 is 10.0 Å².